The van der Waals surface area contributed by atoms with Crippen molar-refractivity contribution in [2.24, 2.45) is 10.9 Å². The number of aromatic nitrogens is 2. The molecule has 1 unspecified atom stereocenters. The van der Waals surface area contributed by atoms with E-state index >= 15 is 0 Å². The van der Waals surface area contributed by atoms with Gasteiger partial charge >= 0.3 is 6.18 Å². The van der Waals surface area contributed by atoms with Gasteiger partial charge in [-0.05, 0) is 25.0 Å². The van der Waals surface area contributed by atoms with Crippen molar-refractivity contribution in [3.63, 3.8) is 0 Å². The van der Waals surface area contributed by atoms with E-state index in [9.17, 15) is 26.7 Å². The van der Waals surface area contributed by atoms with Gasteiger partial charge in [-0.2, -0.15) is 13.2 Å². The van der Waals surface area contributed by atoms with Crippen LogP contribution in [0, 0.1) is 12.8 Å². The molecule has 2 atom stereocenters. The van der Waals surface area contributed by atoms with Gasteiger partial charge in [0.1, 0.15) is 5.69 Å². The van der Waals surface area contributed by atoms with Crippen molar-refractivity contribution in [2.75, 3.05) is 19.8 Å². The molecule has 0 bridgehead atoms. The molecule has 3 rings (SSSR count). The van der Waals surface area contributed by atoms with Crippen LogP contribution < -0.4 is 5.32 Å². The Labute approximate surface area is 199 Å². The quantitative estimate of drug-likeness (QED) is 0.341. The van der Waals surface area contributed by atoms with Gasteiger partial charge in [0, 0.05) is 38.3 Å². The number of nitrogens with one attached hydrogen (secondary N) is 1. The van der Waals surface area contributed by atoms with E-state index in [1.807, 2.05) is 0 Å². The molecule has 190 valence electrons. The highest BCUT2D eigenvalue weighted by Crippen LogP contribution is 2.36. The van der Waals surface area contributed by atoms with Crippen LogP contribution in [0.4, 0.5) is 22.0 Å². The van der Waals surface area contributed by atoms with Crippen LogP contribution in [0.25, 0.3) is 11.5 Å². The molecular formula is C23H26F5N5O2. The van der Waals surface area contributed by atoms with Crippen molar-refractivity contribution in [2.45, 2.75) is 45.3 Å². The minimum Gasteiger partial charge on any atom is -0.438 e. The molecule has 1 amide bonds. The molecule has 1 fully saturated rings. The number of piperidine rings is 1. The Morgan fingerprint density at radius 2 is 2.11 bits per heavy atom. The SMILES string of the molecule is C/C=C(\C=N/CNC[C@@H]1C(C)CC(F)(F)CN1C(=O)c1nc(C)oc1-c1ccccn1)C(F)(F)F. The van der Waals surface area contributed by atoms with Crippen molar-refractivity contribution in [1.29, 1.82) is 0 Å². The van der Waals surface area contributed by atoms with Gasteiger partial charge in [-0.25, -0.2) is 13.8 Å². The number of hydrogen-bond donors (Lipinski definition) is 1. The molecule has 1 saturated heterocycles. The summed E-state index contributed by atoms with van der Waals surface area (Å²) in [5.74, 6) is -4.19. The van der Waals surface area contributed by atoms with E-state index in [2.05, 4.69) is 20.3 Å². The molecule has 1 N–H and O–H groups in total. The molecule has 0 radical (unpaired) electrons. The van der Waals surface area contributed by atoms with Crippen molar-refractivity contribution in [3.8, 4) is 11.5 Å². The Morgan fingerprint density at radius 3 is 2.74 bits per heavy atom. The summed E-state index contributed by atoms with van der Waals surface area (Å²) in [6, 6.07) is 4.31. The smallest absolute Gasteiger partial charge is 0.417 e. The minimum absolute atomic E-state index is 0.0489. The van der Waals surface area contributed by atoms with Crippen LogP contribution in [0.1, 0.15) is 36.6 Å². The fourth-order valence-electron chi connectivity index (χ4n) is 3.99. The second-order valence-corrected chi connectivity index (χ2v) is 8.33. The molecular weight excluding hydrogens is 473 g/mol. The number of halogens is 5. The summed E-state index contributed by atoms with van der Waals surface area (Å²) in [6.07, 6.45) is -1.86. The Hall–Kier alpha value is -3.15. The zero-order valence-corrected chi connectivity index (χ0v) is 19.4. The third-order valence-electron chi connectivity index (χ3n) is 5.60. The summed E-state index contributed by atoms with van der Waals surface area (Å²) in [4.78, 5) is 26.5. The van der Waals surface area contributed by atoms with E-state index in [0.29, 0.717) is 11.9 Å². The van der Waals surface area contributed by atoms with Gasteiger partial charge in [-0.15, -0.1) is 0 Å². The maximum Gasteiger partial charge on any atom is 0.417 e. The molecule has 0 spiro atoms. The first-order valence-electron chi connectivity index (χ1n) is 10.9. The van der Waals surface area contributed by atoms with Crippen LogP contribution in [0.2, 0.25) is 0 Å². The van der Waals surface area contributed by atoms with Crippen LogP contribution >= 0.6 is 0 Å². The highest BCUT2D eigenvalue weighted by molar-refractivity contribution is 5.97. The number of alkyl halides is 5. The number of allylic oxidation sites excluding steroid dienone is 2. The number of nitrogens with zero attached hydrogens (tertiary/aromatic N) is 4. The van der Waals surface area contributed by atoms with Crippen LogP contribution in [-0.2, 0) is 0 Å². The number of aryl methyl sites for hydroxylation is 1. The zero-order chi connectivity index (χ0) is 25.8. The highest BCUT2D eigenvalue weighted by atomic mass is 19.4. The first-order chi connectivity index (χ1) is 16.4. The van der Waals surface area contributed by atoms with Crippen molar-refractivity contribution in [1.82, 2.24) is 20.2 Å². The molecule has 3 heterocycles. The van der Waals surface area contributed by atoms with Crippen LogP contribution in [-0.4, -0.2) is 64.9 Å². The van der Waals surface area contributed by atoms with Gasteiger partial charge in [0.15, 0.2) is 17.3 Å². The second kappa shape index (κ2) is 10.6. The third-order valence-corrected chi connectivity index (χ3v) is 5.60. The largest absolute Gasteiger partial charge is 0.438 e. The monoisotopic (exact) mass is 499 g/mol. The molecule has 12 heteroatoms. The minimum atomic E-state index is -4.52. The molecule has 1 aliphatic rings. The maximum absolute atomic E-state index is 14.5. The lowest BCUT2D eigenvalue weighted by molar-refractivity contribution is -0.0915. The van der Waals surface area contributed by atoms with Crippen LogP contribution in [0.5, 0.6) is 0 Å². The van der Waals surface area contributed by atoms with Crippen LogP contribution in [0.3, 0.4) is 0 Å². The molecule has 7 nitrogen and oxygen atoms in total. The topological polar surface area (TPSA) is 83.6 Å². The number of hydrogen-bond acceptors (Lipinski definition) is 6. The number of likely N-dealkylation sites (tertiary alicyclic amines) is 1. The predicted octanol–water partition coefficient (Wildman–Crippen LogP) is 4.66. The summed E-state index contributed by atoms with van der Waals surface area (Å²) < 4.78 is 72.8. The normalized spacial score (nSPS) is 21.0. The summed E-state index contributed by atoms with van der Waals surface area (Å²) in [6.45, 7) is 3.42. The lowest BCUT2D eigenvalue weighted by Gasteiger charge is -2.43. The number of rotatable bonds is 7. The lowest BCUT2D eigenvalue weighted by Crippen LogP contribution is -2.58. The highest BCUT2D eigenvalue weighted by Gasteiger charge is 2.47. The molecule has 35 heavy (non-hydrogen) atoms. The number of amides is 1. The fraction of sp³-hybridized carbons (Fsp3) is 0.478. The third kappa shape index (κ3) is 6.50. The molecule has 0 aliphatic carbocycles. The van der Waals surface area contributed by atoms with E-state index in [4.69, 9.17) is 4.42 Å². The molecule has 0 aromatic carbocycles. The second-order valence-electron chi connectivity index (χ2n) is 8.33. The average molecular weight is 499 g/mol. The zero-order valence-electron chi connectivity index (χ0n) is 19.4. The molecule has 2 aromatic heterocycles. The van der Waals surface area contributed by atoms with E-state index in [1.165, 1.54) is 20.0 Å². The summed E-state index contributed by atoms with van der Waals surface area (Å²) in [5, 5.41) is 2.84. The van der Waals surface area contributed by atoms with Gasteiger partial charge < -0.3 is 9.32 Å². The maximum atomic E-state index is 14.5. The van der Waals surface area contributed by atoms with Crippen molar-refractivity contribution in [3.05, 3.63) is 47.6 Å². The van der Waals surface area contributed by atoms with Gasteiger partial charge in [0.2, 0.25) is 0 Å². The Morgan fingerprint density at radius 1 is 1.37 bits per heavy atom. The van der Waals surface area contributed by atoms with Gasteiger partial charge in [-0.1, -0.05) is 19.1 Å². The fourth-order valence-corrected chi connectivity index (χ4v) is 3.99. The summed E-state index contributed by atoms with van der Waals surface area (Å²) in [5.41, 5.74) is -0.691. The van der Waals surface area contributed by atoms with Gasteiger partial charge in [0.25, 0.3) is 11.8 Å². The standard InChI is InChI=1S/C23H26F5N5O2/c1-4-16(23(26,27)28)10-29-13-30-11-18-14(2)9-22(24,25)12-33(18)21(34)19-20(35-15(3)32-19)17-7-5-6-8-31-17/h4-8,10,14,18,30H,9,11-13H2,1-3H3/b16-4+,29-10-/t14?,18-/m1/s1. The first-order valence-corrected chi connectivity index (χ1v) is 10.9. The lowest BCUT2D eigenvalue weighted by atomic mass is 9.88. The van der Waals surface area contributed by atoms with E-state index < -0.39 is 48.5 Å². The number of pyridine rings is 1. The first kappa shape index (κ1) is 26.5. The van der Waals surface area contributed by atoms with Crippen molar-refractivity contribution >= 4 is 12.1 Å². The Kier molecular flexibility index (Phi) is 8.04. The summed E-state index contributed by atoms with van der Waals surface area (Å²) in [7, 11) is 0. The molecule has 2 aromatic rings. The van der Waals surface area contributed by atoms with E-state index in [-0.39, 0.29) is 30.6 Å². The Bertz CT molecular complexity index is 1080. The van der Waals surface area contributed by atoms with E-state index in [0.717, 1.165) is 11.0 Å². The van der Waals surface area contributed by atoms with Gasteiger partial charge in [0.05, 0.1) is 18.8 Å². The number of carbonyl (C=O) groups is 1. The average Bonchev–Trinajstić information content (AvgIpc) is 3.17. The van der Waals surface area contributed by atoms with Crippen LogP contribution in [0.15, 0.2) is 45.5 Å². The Balaban J connectivity index is 1.79. The predicted molar refractivity (Wildman–Crippen MR) is 119 cm³/mol. The number of oxazole rings is 1. The number of carbonyl (C=O) groups excluding carboxylic acids is 1. The number of aliphatic imine (C=N–C) groups is 1. The van der Waals surface area contributed by atoms with Crippen molar-refractivity contribution < 1.29 is 31.2 Å². The molecule has 1 aliphatic heterocycles. The van der Waals surface area contributed by atoms with E-state index in [1.54, 1.807) is 25.1 Å². The summed E-state index contributed by atoms with van der Waals surface area (Å²) >= 11 is 0. The molecule has 0 saturated carbocycles. The van der Waals surface area contributed by atoms with Gasteiger partial charge in [-0.3, -0.25) is 20.1 Å².